The van der Waals surface area contributed by atoms with E-state index >= 15 is 0 Å². The Bertz CT molecular complexity index is 849. The van der Waals surface area contributed by atoms with Crippen LogP contribution in [0, 0.1) is 0 Å². The van der Waals surface area contributed by atoms with Gasteiger partial charge in [-0.3, -0.25) is 9.20 Å². The third kappa shape index (κ3) is 4.20. The molecule has 1 aromatic heterocycles. The van der Waals surface area contributed by atoms with Gasteiger partial charge in [-0.1, -0.05) is 11.6 Å². The number of nitrogens with zero attached hydrogens (tertiary/aromatic N) is 5. The lowest BCUT2D eigenvalue weighted by atomic mass is 10.1. The molecule has 162 valence electrons. The summed E-state index contributed by atoms with van der Waals surface area (Å²) in [5, 5.41) is 4.04. The Kier molecular flexibility index (Phi) is 5.93. The second-order valence-corrected chi connectivity index (χ2v) is 10.2. The number of rotatable bonds is 2. The fraction of sp³-hybridized carbons (Fsp3) is 0.650. The number of hydrogen-bond acceptors (Lipinski definition) is 7. The number of aromatic nitrogens is 1. The summed E-state index contributed by atoms with van der Waals surface area (Å²) < 4.78 is 18.1. The van der Waals surface area contributed by atoms with Crippen molar-refractivity contribution in [3.05, 3.63) is 23.4 Å². The summed E-state index contributed by atoms with van der Waals surface area (Å²) >= 11 is 5.96. The Hall–Kier alpha value is -1.71. The Morgan fingerprint density at radius 1 is 1.13 bits per heavy atom. The summed E-state index contributed by atoms with van der Waals surface area (Å²) in [7, 11) is -0.904. The number of guanidine groups is 1. The fourth-order valence-corrected chi connectivity index (χ4v) is 6.24. The van der Waals surface area contributed by atoms with Gasteiger partial charge in [0.25, 0.3) is 0 Å². The molecule has 0 spiro atoms. The van der Waals surface area contributed by atoms with Crippen LogP contribution >= 0.6 is 11.6 Å². The molecule has 4 aliphatic heterocycles. The molecule has 5 heterocycles. The van der Waals surface area contributed by atoms with Gasteiger partial charge in [0.05, 0.1) is 17.1 Å². The molecule has 3 fully saturated rings. The van der Waals surface area contributed by atoms with Crippen LogP contribution in [0.25, 0.3) is 0 Å². The number of fused-ring (bicyclic) bond motifs is 1. The minimum absolute atomic E-state index is 0.0663. The van der Waals surface area contributed by atoms with E-state index in [2.05, 4.69) is 20.1 Å². The van der Waals surface area contributed by atoms with Crippen molar-refractivity contribution in [3.8, 4) is 0 Å². The van der Waals surface area contributed by atoms with Gasteiger partial charge in [-0.15, -0.1) is 0 Å². The van der Waals surface area contributed by atoms with Crippen LogP contribution in [0.3, 0.4) is 0 Å². The van der Waals surface area contributed by atoms with E-state index in [-0.39, 0.29) is 17.3 Å². The van der Waals surface area contributed by atoms with Crippen molar-refractivity contribution in [3.63, 3.8) is 0 Å². The smallest absolute Gasteiger partial charge is 0.199 e. The SMILES string of the molecule is O=S1CCC2N=C(N3CCN(c4ccc(Cl)cn4)CC3)NC(=NC3CCOCC3)C21. The lowest BCUT2D eigenvalue weighted by molar-refractivity contribution is 0.0870. The first-order valence-electron chi connectivity index (χ1n) is 10.7. The summed E-state index contributed by atoms with van der Waals surface area (Å²) in [5.74, 6) is 3.40. The van der Waals surface area contributed by atoms with E-state index in [0.717, 1.165) is 76.3 Å². The molecule has 0 aromatic carbocycles. The van der Waals surface area contributed by atoms with Crippen molar-refractivity contribution >= 4 is 40.0 Å². The first-order valence-corrected chi connectivity index (χ1v) is 12.4. The quantitative estimate of drug-likeness (QED) is 0.731. The van der Waals surface area contributed by atoms with Crippen molar-refractivity contribution < 1.29 is 8.95 Å². The number of aliphatic imine (C=N–C) groups is 2. The highest BCUT2D eigenvalue weighted by Crippen LogP contribution is 2.26. The molecule has 3 atom stereocenters. The lowest BCUT2D eigenvalue weighted by Crippen LogP contribution is -2.59. The largest absolute Gasteiger partial charge is 0.381 e. The number of anilines is 1. The molecule has 0 radical (unpaired) electrons. The van der Waals surface area contributed by atoms with Crippen LogP contribution in [0.15, 0.2) is 28.3 Å². The van der Waals surface area contributed by atoms with Gasteiger partial charge in [0.15, 0.2) is 5.96 Å². The van der Waals surface area contributed by atoms with Gasteiger partial charge in [-0.05, 0) is 31.4 Å². The van der Waals surface area contributed by atoms with Crippen molar-refractivity contribution in [2.24, 2.45) is 9.98 Å². The van der Waals surface area contributed by atoms with Crippen molar-refractivity contribution in [1.82, 2.24) is 15.2 Å². The molecule has 4 aliphatic rings. The van der Waals surface area contributed by atoms with Crippen molar-refractivity contribution in [1.29, 1.82) is 0 Å². The second-order valence-electron chi connectivity index (χ2n) is 8.11. The maximum absolute atomic E-state index is 12.6. The number of pyridine rings is 1. The highest BCUT2D eigenvalue weighted by Gasteiger charge is 2.42. The molecule has 0 bridgehead atoms. The Labute approximate surface area is 184 Å². The number of amidine groups is 1. The van der Waals surface area contributed by atoms with Crippen LogP contribution in [0.4, 0.5) is 5.82 Å². The van der Waals surface area contributed by atoms with Crippen LogP contribution in [-0.4, -0.2) is 88.4 Å². The molecule has 0 saturated carbocycles. The van der Waals surface area contributed by atoms with Crippen molar-refractivity contribution in [2.75, 3.05) is 50.0 Å². The molecule has 3 saturated heterocycles. The lowest BCUT2D eigenvalue weighted by Gasteiger charge is -2.39. The van der Waals surface area contributed by atoms with Crippen LogP contribution in [0.5, 0.6) is 0 Å². The molecular weight excluding hydrogens is 424 g/mol. The molecule has 10 heteroatoms. The average molecular weight is 451 g/mol. The van der Waals surface area contributed by atoms with Gasteiger partial charge >= 0.3 is 0 Å². The standard InChI is InChI=1S/C20H27ClN6O2S/c21-14-1-2-17(22-13-14)26-6-8-27(9-7-26)20-24-16-5-12-30(28)18(16)19(25-20)23-15-3-10-29-11-4-15/h1-2,13,15-16,18H,3-12H2,(H,23,24,25). The van der Waals surface area contributed by atoms with Gasteiger partial charge in [-0.25, -0.2) is 9.98 Å². The van der Waals surface area contributed by atoms with E-state index in [1.54, 1.807) is 6.20 Å². The zero-order valence-corrected chi connectivity index (χ0v) is 18.4. The molecule has 5 rings (SSSR count). The normalized spacial score (nSPS) is 31.4. The van der Waals surface area contributed by atoms with Crippen LogP contribution in [0.1, 0.15) is 19.3 Å². The monoisotopic (exact) mass is 450 g/mol. The summed E-state index contributed by atoms with van der Waals surface area (Å²) in [6, 6.07) is 4.15. The molecule has 1 N–H and O–H groups in total. The Morgan fingerprint density at radius 2 is 1.90 bits per heavy atom. The highest BCUT2D eigenvalue weighted by atomic mass is 35.5. The van der Waals surface area contributed by atoms with E-state index in [4.69, 9.17) is 26.3 Å². The first kappa shape index (κ1) is 20.2. The van der Waals surface area contributed by atoms with Crippen molar-refractivity contribution in [2.45, 2.75) is 36.6 Å². The molecule has 30 heavy (non-hydrogen) atoms. The third-order valence-corrected chi connectivity index (χ3v) is 8.14. The summed E-state index contributed by atoms with van der Waals surface area (Å²) in [6.45, 7) is 4.92. The van der Waals surface area contributed by atoms with Gasteiger partial charge in [0.2, 0.25) is 0 Å². The Morgan fingerprint density at radius 3 is 2.63 bits per heavy atom. The third-order valence-electron chi connectivity index (χ3n) is 6.17. The second kappa shape index (κ2) is 8.80. The summed E-state index contributed by atoms with van der Waals surface area (Å²) in [4.78, 5) is 18.9. The fourth-order valence-electron chi connectivity index (χ4n) is 4.48. The summed E-state index contributed by atoms with van der Waals surface area (Å²) in [6.07, 6.45) is 4.41. The molecule has 0 aliphatic carbocycles. The van der Waals surface area contributed by atoms with Gasteiger partial charge in [-0.2, -0.15) is 0 Å². The zero-order chi connectivity index (χ0) is 20.5. The Balaban J connectivity index is 1.30. The minimum atomic E-state index is -0.904. The van der Waals surface area contributed by atoms with Gasteiger partial charge in [0, 0.05) is 62.1 Å². The number of nitrogens with one attached hydrogen (secondary N) is 1. The molecule has 1 aromatic rings. The highest BCUT2D eigenvalue weighted by molar-refractivity contribution is 7.86. The van der Waals surface area contributed by atoms with Crippen LogP contribution < -0.4 is 10.2 Å². The van der Waals surface area contributed by atoms with E-state index in [9.17, 15) is 4.21 Å². The average Bonchev–Trinajstić information content (AvgIpc) is 3.16. The number of ether oxygens (including phenoxy) is 1. The summed E-state index contributed by atoms with van der Waals surface area (Å²) in [5.41, 5.74) is 0. The minimum Gasteiger partial charge on any atom is -0.381 e. The molecular formula is C20H27ClN6O2S. The van der Waals surface area contributed by atoms with E-state index < -0.39 is 10.8 Å². The zero-order valence-electron chi connectivity index (χ0n) is 16.9. The molecule has 3 unspecified atom stereocenters. The predicted molar refractivity (Wildman–Crippen MR) is 120 cm³/mol. The maximum atomic E-state index is 12.6. The number of halogens is 1. The first-order chi connectivity index (χ1) is 14.7. The van der Waals surface area contributed by atoms with E-state index in [0.29, 0.717) is 10.8 Å². The van der Waals surface area contributed by atoms with Gasteiger partial charge < -0.3 is 19.9 Å². The van der Waals surface area contributed by atoms with E-state index in [1.807, 2.05) is 12.1 Å². The number of piperazine rings is 1. The predicted octanol–water partition coefficient (Wildman–Crippen LogP) is 1.28. The molecule has 0 amide bonds. The van der Waals surface area contributed by atoms with Gasteiger partial charge in [0.1, 0.15) is 16.9 Å². The van der Waals surface area contributed by atoms with Crippen LogP contribution in [0.2, 0.25) is 5.02 Å². The van der Waals surface area contributed by atoms with Crippen LogP contribution in [-0.2, 0) is 15.5 Å². The number of hydrogen-bond donors (Lipinski definition) is 1. The van der Waals surface area contributed by atoms with E-state index in [1.165, 1.54) is 0 Å². The maximum Gasteiger partial charge on any atom is 0.199 e. The molecule has 8 nitrogen and oxygen atoms in total. The topological polar surface area (TPSA) is 82.4 Å².